The average molecular weight is 566 g/mol. The van der Waals surface area contributed by atoms with Gasteiger partial charge in [0.25, 0.3) is 0 Å². The van der Waals surface area contributed by atoms with E-state index in [2.05, 4.69) is 0 Å². The topological polar surface area (TPSA) is 61.8 Å². The van der Waals surface area contributed by atoms with Crippen molar-refractivity contribution in [1.29, 1.82) is 0 Å². The third-order valence-electron chi connectivity index (χ3n) is 7.38. The maximum Gasteiger partial charge on any atom is 0.462 e. The smallest absolute Gasteiger partial charge is 0.462 e. The maximum absolute atomic E-state index is 15.1. The molecule has 0 saturated carbocycles. The summed E-state index contributed by atoms with van der Waals surface area (Å²) in [7, 11) is 0.381. The first-order valence-corrected chi connectivity index (χ1v) is 12.9. The minimum Gasteiger partial charge on any atom is -0.469 e. The summed E-state index contributed by atoms with van der Waals surface area (Å²) < 4.78 is 86.9. The van der Waals surface area contributed by atoms with Crippen LogP contribution in [0.5, 0.6) is 0 Å². The van der Waals surface area contributed by atoms with Gasteiger partial charge in [0.1, 0.15) is 17.5 Å². The van der Waals surface area contributed by atoms with Gasteiger partial charge in [0.05, 0.1) is 18.3 Å². The van der Waals surface area contributed by atoms with Crippen LogP contribution in [0.15, 0.2) is 36.4 Å². The van der Waals surface area contributed by atoms with E-state index in [-0.39, 0.29) is 48.8 Å². The molecule has 2 aromatic rings. The zero-order valence-electron chi connectivity index (χ0n) is 23.1. The van der Waals surface area contributed by atoms with Crippen LogP contribution in [-0.2, 0) is 42.9 Å². The number of hydrogen-bond donors (Lipinski definition) is 0. The summed E-state index contributed by atoms with van der Waals surface area (Å²) in [6, 6.07) is 3.18. The lowest BCUT2D eigenvalue weighted by Crippen LogP contribution is -2.41. The highest BCUT2D eigenvalue weighted by molar-refractivity contribution is 6.48. The molecule has 0 N–H and O–H groups in total. The summed E-state index contributed by atoms with van der Waals surface area (Å²) in [6.45, 7) is 7.37. The summed E-state index contributed by atoms with van der Waals surface area (Å²) in [6.07, 6.45) is 1.81. The van der Waals surface area contributed by atoms with E-state index in [0.717, 1.165) is 18.2 Å². The van der Waals surface area contributed by atoms with Gasteiger partial charge in [0.15, 0.2) is 17.4 Å². The Morgan fingerprint density at radius 3 is 2.00 bits per heavy atom. The van der Waals surface area contributed by atoms with Gasteiger partial charge < -0.3 is 14.0 Å². The van der Waals surface area contributed by atoms with Crippen molar-refractivity contribution in [3.05, 3.63) is 82.2 Å². The predicted molar refractivity (Wildman–Crippen MR) is 139 cm³/mol. The van der Waals surface area contributed by atoms with E-state index in [9.17, 15) is 27.2 Å². The van der Waals surface area contributed by atoms with Gasteiger partial charge in [-0.05, 0) is 87.9 Å². The van der Waals surface area contributed by atoms with Gasteiger partial charge in [0, 0.05) is 24.7 Å². The van der Waals surface area contributed by atoms with E-state index in [0.29, 0.717) is 12.1 Å². The van der Waals surface area contributed by atoms with Crippen LogP contribution in [0.1, 0.15) is 57.2 Å². The van der Waals surface area contributed by atoms with Gasteiger partial charge in [-0.1, -0.05) is 6.08 Å². The van der Waals surface area contributed by atoms with Gasteiger partial charge in [-0.25, -0.2) is 22.0 Å². The molecular formula is C29H32BF5O5. The van der Waals surface area contributed by atoms with Crippen molar-refractivity contribution in [2.75, 3.05) is 7.11 Å². The number of halogens is 5. The van der Waals surface area contributed by atoms with Crippen molar-refractivity contribution >= 4 is 18.9 Å². The number of hydrogen-bond acceptors (Lipinski definition) is 5. The SMILES string of the molecule is COC(=O)CC(Cc1cc(F)c(CCC(=O)/C=C/Cc2cc(F)c(F)cc2F)cc1F)B1OC(C)(C)C(C)(C)O1. The molecule has 0 bridgehead atoms. The quantitative estimate of drug-likeness (QED) is 0.106. The number of esters is 1. The summed E-state index contributed by atoms with van der Waals surface area (Å²) in [5, 5.41) is 0. The first-order chi connectivity index (χ1) is 18.6. The van der Waals surface area contributed by atoms with Crippen molar-refractivity contribution in [3.8, 4) is 0 Å². The Balaban J connectivity index is 1.66. The number of rotatable bonds is 11. The molecule has 1 atom stereocenters. The number of allylic oxidation sites excluding steroid dienone is 2. The Hall–Kier alpha value is -3.05. The lowest BCUT2D eigenvalue weighted by Gasteiger charge is -2.32. The highest BCUT2D eigenvalue weighted by atomic mass is 19.2. The standard InChI is InChI=1S/C29H32BF5O5/c1-28(2)29(3,4)40-30(39-28)20(15-27(37)38-5)11-19-14-22(31)18(12-23(19)32)9-10-21(36)8-6-7-17-13-25(34)26(35)16-24(17)33/h6,8,12-14,16,20H,7,9-11,15H2,1-5H3/b8-6+. The van der Waals surface area contributed by atoms with Crippen LogP contribution in [0.25, 0.3) is 0 Å². The number of ether oxygens (including phenoxy) is 1. The highest BCUT2D eigenvalue weighted by Crippen LogP contribution is 2.42. The second kappa shape index (κ2) is 12.6. The molecule has 1 aliphatic heterocycles. The normalized spacial score (nSPS) is 16.9. The zero-order chi connectivity index (χ0) is 29.8. The first-order valence-electron chi connectivity index (χ1n) is 12.9. The van der Waals surface area contributed by atoms with Crippen LogP contribution >= 0.6 is 0 Å². The molecule has 1 unspecified atom stereocenters. The van der Waals surface area contributed by atoms with Crippen LogP contribution in [0.2, 0.25) is 5.82 Å². The van der Waals surface area contributed by atoms with E-state index in [4.69, 9.17) is 14.0 Å². The Bertz CT molecular complexity index is 1280. The van der Waals surface area contributed by atoms with Crippen molar-refractivity contribution in [1.82, 2.24) is 0 Å². The molecule has 40 heavy (non-hydrogen) atoms. The molecule has 1 saturated heterocycles. The first kappa shape index (κ1) is 31.5. The molecule has 216 valence electrons. The van der Waals surface area contributed by atoms with Crippen LogP contribution in [-0.4, -0.2) is 37.2 Å². The molecule has 0 aliphatic carbocycles. The van der Waals surface area contributed by atoms with Crippen LogP contribution in [0.4, 0.5) is 22.0 Å². The number of aryl methyl sites for hydroxylation is 1. The van der Waals surface area contributed by atoms with E-state index in [1.807, 2.05) is 27.7 Å². The number of carbonyl (C=O) groups excluding carboxylic acids is 2. The van der Waals surface area contributed by atoms with Gasteiger partial charge in [-0.2, -0.15) is 0 Å². The number of benzene rings is 2. The molecule has 5 nitrogen and oxygen atoms in total. The molecule has 1 aliphatic rings. The molecule has 1 fully saturated rings. The molecule has 11 heteroatoms. The predicted octanol–water partition coefficient (Wildman–Crippen LogP) is 6.25. The maximum atomic E-state index is 15.1. The molecule has 0 amide bonds. The van der Waals surface area contributed by atoms with Gasteiger partial charge in [-0.15, -0.1) is 0 Å². The fraction of sp³-hybridized carbons (Fsp3) is 0.448. The van der Waals surface area contributed by atoms with E-state index >= 15 is 4.39 Å². The van der Waals surface area contributed by atoms with Gasteiger partial charge in [0.2, 0.25) is 0 Å². The van der Waals surface area contributed by atoms with E-state index in [1.165, 1.54) is 13.2 Å². The highest BCUT2D eigenvalue weighted by Gasteiger charge is 2.54. The molecule has 0 spiro atoms. The van der Waals surface area contributed by atoms with Gasteiger partial charge in [-0.3, -0.25) is 9.59 Å². The second-order valence-corrected chi connectivity index (χ2v) is 10.8. The third-order valence-corrected chi connectivity index (χ3v) is 7.38. The van der Waals surface area contributed by atoms with E-state index < -0.39 is 65.0 Å². The molecule has 2 aromatic carbocycles. The van der Waals surface area contributed by atoms with Crippen LogP contribution in [0.3, 0.4) is 0 Å². The second-order valence-electron chi connectivity index (χ2n) is 10.8. The zero-order valence-corrected chi connectivity index (χ0v) is 23.1. The van der Waals surface area contributed by atoms with Gasteiger partial charge >= 0.3 is 13.1 Å². The summed E-state index contributed by atoms with van der Waals surface area (Å²) in [5.74, 6) is -6.53. The summed E-state index contributed by atoms with van der Waals surface area (Å²) >= 11 is 0. The molecule has 0 aromatic heterocycles. The molecular weight excluding hydrogens is 534 g/mol. The number of carbonyl (C=O) groups is 2. The fourth-order valence-electron chi connectivity index (χ4n) is 4.28. The average Bonchev–Trinajstić information content (AvgIpc) is 3.09. The van der Waals surface area contributed by atoms with Crippen LogP contribution < -0.4 is 0 Å². The molecule has 3 rings (SSSR count). The number of ketones is 1. The summed E-state index contributed by atoms with van der Waals surface area (Å²) in [4.78, 5) is 24.3. The third kappa shape index (κ3) is 7.57. The molecule has 1 heterocycles. The van der Waals surface area contributed by atoms with E-state index in [1.54, 1.807) is 0 Å². The summed E-state index contributed by atoms with van der Waals surface area (Å²) in [5.41, 5.74) is -1.51. The fourth-order valence-corrected chi connectivity index (χ4v) is 4.28. The van der Waals surface area contributed by atoms with Crippen molar-refractivity contribution in [2.45, 2.75) is 76.8 Å². The monoisotopic (exact) mass is 566 g/mol. The lowest BCUT2D eigenvalue weighted by molar-refractivity contribution is -0.140. The van der Waals surface area contributed by atoms with Crippen molar-refractivity contribution in [2.24, 2.45) is 0 Å². The Labute approximate surface area is 230 Å². The minimum absolute atomic E-state index is 0.0182. The van der Waals surface area contributed by atoms with Crippen molar-refractivity contribution < 1.29 is 45.6 Å². The Morgan fingerprint density at radius 2 is 1.38 bits per heavy atom. The largest absolute Gasteiger partial charge is 0.469 e. The Kier molecular flexibility index (Phi) is 9.95. The molecule has 0 radical (unpaired) electrons. The number of methoxy groups -OCH3 is 1. The lowest BCUT2D eigenvalue weighted by atomic mass is 9.67. The van der Waals surface area contributed by atoms with Crippen molar-refractivity contribution in [3.63, 3.8) is 0 Å². The van der Waals surface area contributed by atoms with Crippen LogP contribution in [0, 0.1) is 29.1 Å². The minimum atomic E-state index is -1.31. The Morgan fingerprint density at radius 1 is 0.850 bits per heavy atom.